The summed E-state index contributed by atoms with van der Waals surface area (Å²) in [5.41, 5.74) is 0.874. The number of ether oxygens (including phenoxy) is 2. The van der Waals surface area contributed by atoms with E-state index in [9.17, 15) is 14.4 Å². The van der Waals surface area contributed by atoms with Gasteiger partial charge in [0.2, 0.25) is 0 Å². The zero-order valence-corrected chi connectivity index (χ0v) is 12.4. The molecule has 0 aliphatic rings. The SMILES string of the molecule is CCOC(=O)c1c(C)cc(=O)n(C(C)C(=O)OC)c1C. The first-order valence-electron chi connectivity index (χ1n) is 6.32. The molecule has 1 atom stereocenters. The van der Waals surface area contributed by atoms with Crippen LogP contribution in [0.5, 0.6) is 0 Å². The van der Waals surface area contributed by atoms with Crippen molar-refractivity contribution in [3.63, 3.8) is 0 Å². The maximum absolute atomic E-state index is 12.1. The molecule has 1 heterocycles. The number of aromatic nitrogens is 1. The van der Waals surface area contributed by atoms with Gasteiger partial charge in [0.1, 0.15) is 6.04 Å². The highest BCUT2D eigenvalue weighted by molar-refractivity contribution is 5.92. The maximum atomic E-state index is 12.1. The van der Waals surface area contributed by atoms with Gasteiger partial charge in [-0.15, -0.1) is 0 Å². The van der Waals surface area contributed by atoms with E-state index in [-0.39, 0.29) is 12.2 Å². The van der Waals surface area contributed by atoms with E-state index in [1.165, 1.54) is 17.7 Å². The fraction of sp³-hybridized carbons (Fsp3) is 0.500. The summed E-state index contributed by atoms with van der Waals surface area (Å²) in [4.78, 5) is 35.6. The van der Waals surface area contributed by atoms with Crippen LogP contribution >= 0.6 is 0 Å². The molecule has 6 nitrogen and oxygen atoms in total. The minimum atomic E-state index is -0.804. The van der Waals surface area contributed by atoms with Crippen LogP contribution in [0.3, 0.4) is 0 Å². The van der Waals surface area contributed by atoms with E-state index in [1.807, 2.05) is 0 Å². The van der Waals surface area contributed by atoms with Crippen LogP contribution in [0.1, 0.15) is 41.5 Å². The van der Waals surface area contributed by atoms with Crippen molar-refractivity contribution in [2.75, 3.05) is 13.7 Å². The molecular weight excluding hydrogens is 262 g/mol. The van der Waals surface area contributed by atoms with Gasteiger partial charge in [0, 0.05) is 11.8 Å². The molecule has 0 aliphatic carbocycles. The number of pyridine rings is 1. The van der Waals surface area contributed by atoms with Crippen LogP contribution in [-0.4, -0.2) is 30.2 Å². The van der Waals surface area contributed by atoms with Crippen LogP contribution < -0.4 is 5.56 Å². The highest BCUT2D eigenvalue weighted by Gasteiger charge is 2.24. The number of aryl methyl sites for hydroxylation is 1. The lowest BCUT2D eigenvalue weighted by molar-refractivity contribution is -0.144. The number of carbonyl (C=O) groups is 2. The third kappa shape index (κ3) is 2.89. The molecule has 0 bridgehead atoms. The Kier molecular flexibility index (Phi) is 5.07. The molecule has 1 unspecified atom stereocenters. The molecule has 20 heavy (non-hydrogen) atoms. The van der Waals surface area contributed by atoms with Gasteiger partial charge in [-0.1, -0.05) is 0 Å². The number of hydrogen-bond acceptors (Lipinski definition) is 5. The van der Waals surface area contributed by atoms with Gasteiger partial charge in [0.05, 0.1) is 19.3 Å². The first kappa shape index (κ1) is 15.9. The van der Waals surface area contributed by atoms with Crippen molar-refractivity contribution in [3.05, 3.63) is 33.2 Å². The molecule has 0 aromatic carbocycles. The summed E-state index contributed by atoms with van der Waals surface area (Å²) in [6, 6.07) is 0.514. The lowest BCUT2D eigenvalue weighted by atomic mass is 10.1. The van der Waals surface area contributed by atoms with Crippen molar-refractivity contribution in [1.82, 2.24) is 4.57 Å². The quantitative estimate of drug-likeness (QED) is 0.779. The van der Waals surface area contributed by atoms with Crippen LogP contribution in [0.4, 0.5) is 0 Å². The molecule has 0 fully saturated rings. The van der Waals surface area contributed by atoms with Gasteiger partial charge < -0.3 is 9.47 Å². The zero-order valence-electron chi connectivity index (χ0n) is 12.4. The van der Waals surface area contributed by atoms with Crippen molar-refractivity contribution < 1.29 is 19.1 Å². The van der Waals surface area contributed by atoms with Crippen molar-refractivity contribution in [2.45, 2.75) is 33.7 Å². The lowest BCUT2D eigenvalue weighted by Gasteiger charge is -2.19. The van der Waals surface area contributed by atoms with Crippen molar-refractivity contribution in [3.8, 4) is 0 Å². The summed E-state index contributed by atoms with van der Waals surface area (Å²) in [6.07, 6.45) is 0. The van der Waals surface area contributed by atoms with Crippen LogP contribution in [0.2, 0.25) is 0 Å². The number of methoxy groups -OCH3 is 1. The van der Waals surface area contributed by atoms with Crippen LogP contribution in [-0.2, 0) is 14.3 Å². The molecule has 6 heteroatoms. The monoisotopic (exact) mass is 281 g/mol. The molecule has 1 aromatic heterocycles. The fourth-order valence-electron chi connectivity index (χ4n) is 2.17. The first-order valence-corrected chi connectivity index (χ1v) is 6.32. The zero-order chi connectivity index (χ0) is 15.4. The third-order valence-electron chi connectivity index (χ3n) is 3.10. The Morgan fingerprint density at radius 2 is 1.95 bits per heavy atom. The van der Waals surface area contributed by atoms with Crippen LogP contribution in [0.15, 0.2) is 10.9 Å². The topological polar surface area (TPSA) is 74.6 Å². The molecule has 1 rings (SSSR count). The molecule has 0 saturated heterocycles. The number of carbonyl (C=O) groups excluding carboxylic acids is 2. The maximum Gasteiger partial charge on any atom is 0.340 e. The molecule has 0 aliphatic heterocycles. The van der Waals surface area contributed by atoms with Gasteiger partial charge in [-0.3, -0.25) is 9.36 Å². The Hall–Kier alpha value is -2.11. The minimum Gasteiger partial charge on any atom is -0.467 e. The Morgan fingerprint density at radius 1 is 1.35 bits per heavy atom. The summed E-state index contributed by atoms with van der Waals surface area (Å²) in [6.45, 7) is 6.76. The smallest absolute Gasteiger partial charge is 0.340 e. The van der Waals surface area contributed by atoms with E-state index in [1.54, 1.807) is 27.7 Å². The van der Waals surface area contributed by atoms with E-state index < -0.39 is 18.0 Å². The summed E-state index contributed by atoms with van der Waals surface area (Å²) in [5, 5.41) is 0. The number of esters is 2. The van der Waals surface area contributed by atoms with E-state index in [0.717, 1.165) is 0 Å². The molecule has 0 N–H and O–H groups in total. The minimum absolute atomic E-state index is 0.239. The Bertz CT molecular complexity index is 588. The fourth-order valence-corrected chi connectivity index (χ4v) is 2.17. The second kappa shape index (κ2) is 6.36. The van der Waals surface area contributed by atoms with Crippen LogP contribution in [0.25, 0.3) is 0 Å². The molecule has 110 valence electrons. The average Bonchev–Trinajstić information content (AvgIpc) is 2.37. The van der Waals surface area contributed by atoms with Crippen molar-refractivity contribution in [1.29, 1.82) is 0 Å². The van der Waals surface area contributed by atoms with Gasteiger partial charge in [0.15, 0.2) is 0 Å². The van der Waals surface area contributed by atoms with E-state index in [4.69, 9.17) is 4.74 Å². The van der Waals surface area contributed by atoms with E-state index >= 15 is 0 Å². The normalized spacial score (nSPS) is 11.8. The lowest BCUT2D eigenvalue weighted by Crippen LogP contribution is -2.32. The predicted molar refractivity (Wildman–Crippen MR) is 72.9 cm³/mol. The molecule has 1 aromatic rings. The van der Waals surface area contributed by atoms with Gasteiger partial charge in [-0.2, -0.15) is 0 Å². The molecule has 0 saturated carbocycles. The van der Waals surface area contributed by atoms with Gasteiger partial charge in [-0.25, -0.2) is 9.59 Å². The second-order valence-electron chi connectivity index (χ2n) is 4.42. The Balaban J connectivity index is 3.48. The number of rotatable bonds is 4. The average molecular weight is 281 g/mol. The van der Waals surface area contributed by atoms with E-state index in [2.05, 4.69) is 4.74 Å². The Labute approximate surface area is 117 Å². The van der Waals surface area contributed by atoms with Gasteiger partial charge in [-0.05, 0) is 33.3 Å². The largest absolute Gasteiger partial charge is 0.467 e. The standard InChI is InChI=1S/C14H19NO5/c1-6-20-14(18)12-8(2)7-11(16)15(9(12)3)10(4)13(17)19-5/h7,10H,6H2,1-5H3. The van der Waals surface area contributed by atoms with Gasteiger partial charge in [0.25, 0.3) is 5.56 Å². The third-order valence-corrected chi connectivity index (χ3v) is 3.10. The second-order valence-corrected chi connectivity index (χ2v) is 4.42. The molecule has 0 spiro atoms. The number of nitrogens with zero attached hydrogens (tertiary/aromatic N) is 1. The first-order chi connectivity index (χ1) is 9.34. The van der Waals surface area contributed by atoms with Crippen molar-refractivity contribution >= 4 is 11.9 Å². The van der Waals surface area contributed by atoms with E-state index in [0.29, 0.717) is 16.8 Å². The Morgan fingerprint density at radius 3 is 2.45 bits per heavy atom. The number of hydrogen-bond donors (Lipinski definition) is 0. The summed E-state index contributed by atoms with van der Waals surface area (Å²) in [7, 11) is 1.25. The highest BCUT2D eigenvalue weighted by Crippen LogP contribution is 2.17. The van der Waals surface area contributed by atoms with Gasteiger partial charge >= 0.3 is 11.9 Å². The molecule has 0 amide bonds. The van der Waals surface area contributed by atoms with Crippen LogP contribution in [0, 0.1) is 13.8 Å². The summed E-state index contributed by atoms with van der Waals surface area (Å²) in [5.74, 6) is -1.05. The molecule has 0 radical (unpaired) electrons. The molecular formula is C14H19NO5. The highest BCUT2D eigenvalue weighted by atomic mass is 16.5. The summed E-state index contributed by atoms with van der Waals surface area (Å²) >= 11 is 0. The summed E-state index contributed by atoms with van der Waals surface area (Å²) < 4.78 is 10.9. The predicted octanol–water partition coefficient (Wildman–Crippen LogP) is 1.38. The van der Waals surface area contributed by atoms with Crippen molar-refractivity contribution in [2.24, 2.45) is 0 Å².